The van der Waals surface area contributed by atoms with Gasteiger partial charge in [-0.05, 0) is 31.2 Å². The Hall–Kier alpha value is -1.88. The van der Waals surface area contributed by atoms with Crippen molar-refractivity contribution in [3.8, 4) is 5.88 Å². The van der Waals surface area contributed by atoms with Gasteiger partial charge in [-0.2, -0.15) is 0 Å². The molecule has 0 unspecified atom stereocenters. The van der Waals surface area contributed by atoms with E-state index in [-0.39, 0.29) is 0 Å². The second-order valence-electron chi connectivity index (χ2n) is 5.17. The number of rotatable bonds is 6. The van der Waals surface area contributed by atoms with Crippen LogP contribution in [0.3, 0.4) is 0 Å². The van der Waals surface area contributed by atoms with E-state index < -0.39 is 0 Å². The first kappa shape index (κ1) is 13.1. The van der Waals surface area contributed by atoms with E-state index in [2.05, 4.69) is 26.3 Å². The number of aromatic amines is 1. The fourth-order valence-corrected chi connectivity index (χ4v) is 2.48. The quantitative estimate of drug-likeness (QED) is 0.847. The van der Waals surface area contributed by atoms with Gasteiger partial charge in [0.05, 0.1) is 6.54 Å². The standard InChI is InChI=1S/C15H20N4O/c1-2-4-13(3-1)20-15-6-5-12(10-19-15)9-16-11-14-17-7-8-18-14/h5-8,10,13,16H,1-4,9,11H2,(H,17,18). The summed E-state index contributed by atoms with van der Waals surface area (Å²) in [6.07, 6.45) is 10.7. The van der Waals surface area contributed by atoms with E-state index in [0.29, 0.717) is 6.10 Å². The first-order valence-electron chi connectivity index (χ1n) is 7.21. The Balaban J connectivity index is 1.45. The summed E-state index contributed by atoms with van der Waals surface area (Å²) in [7, 11) is 0. The smallest absolute Gasteiger partial charge is 0.213 e. The molecule has 1 aliphatic carbocycles. The lowest BCUT2D eigenvalue weighted by atomic mass is 10.3. The third kappa shape index (κ3) is 3.57. The van der Waals surface area contributed by atoms with Crippen LogP contribution >= 0.6 is 0 Å². The molecule has 1 saturated carbocycles. The highest BCUT2D eigenvalue weighted by atomic mass is 16.5. The molecule has 0 aromatic carbocycles. The summed E-state index contributed by atoms with van der Waals surface area (Å²) in [5.74, 6) is 1.69. The summed E-state index contributed by atoms with van der Waals surface area (Å²) in [5.41, 5.74) is 1.15. The number of nitrogens with one attached hydrogen (secondary N) is 2. The van der Waals surface area contributed by atoms with E-state index in [4.69, 9.17) is 4.74 Å². The Kier molecular flexibility index (Phi) is 4.28. The maximum absolute atomic E-state index is 5.85. The molecule has 1 aliphatic rings. The van der Waals surface area contributed by atoms with Crippen LogP contribution in [-0.2, 0) is 13.1 Å². The molecular weight excluding hydrogens is 252 g/mol. The van der Waals surface area contributed by atoms with Gasteiger partial charge in [0.2, 0.25) is 5.88 Å². The van der Waals surface area contributed by atoms with E-state index in [1.807, 2.05) is 18.5 Å². The molecule has 5 nitrogen and oxygen atoms in total. The molecule has 2 N–H and O–H groups in total. The third-order valence-corrected chi connectivity index (χ3v) is 3.56. The van der Waals surface area contributed by atoms with Crippen molar-refractivity contribution in [2.45, 2.75) is 44.9 Å². The van der Waals surface area contributed by atoms with Crippen molar-refractivity contribution in [2.75, 3.05) is 0 Å². The molecule has 2 aromatic heterocycles. The fraction of sp³-hybridized carbons (Fsp3) is 0.467. The van der Waals surface area contributed by atoms with Gasteiger partial charge in [-0.1, -0.05) is 6.07 Å². The first-order valence-corrected chi connectivity index (χ1v) is 7.21. The number of ether oxygens (including phenoxy) is 1. The molecule has 1 fully saturated rings. The highest BCUT2D eigenvalue weighted by Crippen LogP contribution is 2.22. The highest BCUT2D eigenvalue weighted by Gasteiger charge is 2.16. The maximum atomic E-state index is 5.85. The molecule has 2 heterocycles. The van der Waals surface area contributed by atoms with Gasteiger partial charge in [0, 0.05) is 31.2 Å². The summed E-state index contributed by atoms with van der Waals surface area (Å²) in [5, 5.41) is 3.32. The van der Waals surface area contributed by atoms with Crippen LogP contribution in [-0.4, -0.2) is 21.1 Å². The van der Waals surface area contributed by atoms with Gasteiger partial charge in [0.15, 0.2) is 0 Å². The second kappa shape index (κ2) is 6.52. The lowest BCUT2D eigenvalue weighted by Crippen LogP contribution is -2.14. The molecule has 0 spiro atoms. The number of hydrogen-bond acceptors (Lipinski definition) is 4. The Morgan fingerprint density at radius 2 is 2.10 bits per heavy atom. The van der Waals surface area contributed by atoms with Crippen molar-refractivity contribution in [2.24, 2.45) is 0 Å². The minimum Gasteiger partial charge on any atom is -0.474 e. The lowest BCUT2D eigenvalue weighted by molar-refractivity contribution is 0.201. The van der Waals surface area contributed by atoms with Crippen LogP contribution in [0.4, 0.5) is 0 Å². The SMILES string of the molecule is c1c[nH]c(CNCc2ccc(OC3CCCC3)nc2)n1. The monoisotopic (exact) mass is 272 g/mol. The van der Waals surface area contributed by atoms with Crippen LogP contribution in [0.2, 0.25) is 0 Å². The molecule has 0 bridgehead atoms. The predicted molar refractivity (Wildman–Crippen MR) is 76.3 cm³/mol. The van der Waals surface area contributed by atoms with Crippen molar-refractivity contribution in [3.63, 3.8) is 0 Å². The molecule has 0 saturated heterocycles. The van der Waals surface area contributed by atoms with Gasteiger partial charge >= 0.3 is 0 Å². The molecule has 106 valence electrons. The number of aromatic nitrogens is 3. The predicted octanol–water partition coefficient (Wildman–Crippen LogP) is 2.42. The number of imidazole rings is 1. The minimum absolute atomic E-state index is 0.366. The zero-order valence-electron chi connectivity index (χ0n) is 11.5. The fourth-order valence-electron chi connectivity index (χ4n) is 2.48. The largest absolute Gasteiger partial charge is 0.474 e. The first-order chi connectivity index (χ1) is 9.90. The van der Waals surface area contributed by atoms with Crippen LogP contribution in [0.1, 0.15) is 37.1 Å². The molecule has 0 aliphatic heterocycles. The normalized spacial score (nSPS) is 15.6. The molecular formula is C15H20N4O. The van der Waals surface area contributed by atoms with Crippen LogP contribution in [0, 0.1) is 0 Å². The zero-order chi connectivity index (χ0) is 13.6. The van der Waals surface area contributed by atoms with Gasteiger partial charge in [0.25, 0.3) is 0 Å². The van der Waals surface area contributed by atoms with Crippen molar-refractivity contribution in [3.05, 3.63) is 42.1 Å². The van der Waals surface area contributed by atoms with Gasteiger partial charge in [-0.15, -0.1) is 0 Å². The third-order valence-electron chi connectivity index (χ3n) is 3.56. The van der Waals surface area contributed by atoms with E-state index in [1.54, 1.807) is 6.20 Å². The van der Waals surface area contributed by atoms with Gasteiger partial charge < -0.3 is 15.0 Å². The molecule has 0 radical (unpaired) electrons. The molecule has 2 aromatic rings. The van der Waals surface area contributed by atoms with E-state index in [9.17, 15) is 0 Å². The van der Waals surface area contributed by atoms with E-state index >= 15 is 0 Å². The Morgan fingerprint density at radius 3 is 2.80 bits per heavy atom. The lowest BCUT2D eigenvalue weighted by Gasteiger charge is -2.12. The minimum atomic E-state index is 0.366. The number of pyridine rings is 1. The van der Waals surface area contributed by atoms with Gasteiger partial charge in [0.1, 0.15) is 11.9 Å². The molecule has 3 rings (SSSR count). The Bertz CT molecular complexity index is 503. The number of hydrogen-bond donors (Lipinski definition) is 2. The zero-order valence-corrected chi connectivity index (χ0v) is 11.5. The van der Waals surface area contributed by atoms with Crippen molar-refractivity contribution in [1.29, 1.82) is 0 Å². The van der Waals surface area contributed by atoms with E-state index in [1.165, 1.54) is 12.8 Å². The average Bonchev–Trinajstić information content (AvgIpc) is 3.14. The topological polar surface area (TPSA) is 62.8 Å². The Labute approximate surface area is 118 Å². The summed E-state index contributed by atoms with van der Waals surface area (Å²) in [4.78, 5) is 11.6. The van der Waals surface area contributed by atoms with Crippen molar-refractivity contribution >= 4 is 0 Å². The Morgan fingerprint density at radius 1 is 1.20 bits per heavy atom. The average molecular weight is 272 g/mol. The molecule has 5 heteroatoms. The number of H-pyrrole nitrogens is 1. The van der Waals surface area contributed by atoms with Crippen LogP contribution in [0.5, 0.6) is 5.88 Å². The molecule has 0 atom stereocenters. The summed E-state index contributed by atoms with van der Waals surface area (Å²) in [6.45, 7) is 1.50. The summed E-state index contributed by atoms with van der Waals surface area (Å²) >= 11 is 0. The van der Waals surface area contributed by atoms with E-state index in [0.717, 1.165) is 43.2 Å². The number of nitrogens with zero attached hydrogens (tertiary/aromatic N) is 2. The van der Waals surface area contributed by atoms with Crippen LogP contribution < -0.4 is 10.1 Å². The van der Waals surface area contributed by atoms with Crippen LogP contribution in [0.25, 0.3) is 0 Å². The van der Waals surface area contributed by atoms with Gasteiger partial charge in [-0.25, -0.2) is 9.97 Å². The molecule has 20 heavy (non-hydrogen) atoms. The molecule has 0 amide bonds. The maximum Gasteiger partial charge on any atom is 0.213 e. The summed E-state index contributed by atoms with van der Waals surface area (Å²) < 4.78 is 5.85. The second-order valence-corrected chi connectivity index (χ2v) is 5.17. The van der Waals surface area contributed by atoms with Gasteiger partial charge in [-0.3, -0.25) is 0 Å². The van der Waals surface area contributed by atoms with Crippen molar-refractivity contribution in [1.82, 2.24) is 20.3 Å². The highest BCUT2D eigenvalue weighted by molar-refractivity contribution is 5.18. The van der Waals surface area contributed by atoms with Crippen LogP contribution in [0.15, 0.2) is 30.7 Å². The summed E-state index contributed by atoms with van der Waals surface area (Å²) in [6, 6.07) is 4.02. The van der Waals surface area contributed by atoms with Crippen molar-refractivity contribution < 1.29 is 4.74 Å².